The first-order valence-corrected chi connectivity index (χ1v) is 3.96. The van der Waals surface area contributed by atoms with E-state index in [1.165, 1.54) is 6.08 Å². The van der Waals surface area contributed by atoms with E-state index < -0.39 is 5.97 Å². The second-order valence-electron chi connectivity index (χ2n) is 2.38. The van der Waals surface area contributed by atoms with Crippen LogP contribution in [0.2, 0.25) is 0 Å². The fraction of sp³-hybridized carbons (Fsp3) is 0.182. The average Bonchev–Trinajstić information content (AvgIpc) is 2.14. The number of carbonyl (C=O) groups excluding carboxylic acids is 1. The zero-order chi connectivity index (χ0) is 10.3. The predicted molar refractivity (Wildman–Crippen MR) is 54.0 cm³/mol. The number of carbonyl (C=O) groups is 1. The Hall–Kier alpha value is -1.57. The van der Waals surface area contributed by atoms with Crippen molar-refractivity contribution in [3.63, 3.8) is 0 Å². The Labute approximate surface area is 78.9 Å². The Morgan fingerprint density at radius 3 is 2.31 bits per heavy atom. The number of hydrogen-bond donors (Lipinski definition) is 0. The van der Waals surface area contributed by atoms with E-state index in [1.54, 1.807) is 0 Å². The number of rotatable bonds is 4. The molecule has 0 amide bonds. The van der Waals surface area contributed by atoms with E-state index in [0.717, 1.165) is 11.6 Å². The molecule has 0 heterocycles. The number of ether oxygens (including phenoxy) is 1. The van der Waals surface area contributed by atoms with Gasteiger partial charge in [0.05, 0.1) is 0 Å². The van der Waals surface area contributed by atoms with Crippen molar-refractivity contribution >= 4 is 5.97 Å². The fourth-order valence-corrected chi connectivity index (χ4v) is 0.765. The highest BCUT2D eigenvalue weighted by Gasteiger charge is 2.01. The molecule has 0 aliphatic carbocycles. The van der Waals surface area contributed by atoms with E-state index in [4.69, 9.17) is 4.74 Å². The van der Waals surface area contributed by atoms with E-state index >= 15 is 0 Å². The van der Waals surface area contributed by atoms with Gasteiger partial charge in [0.2, 0.25) is 0 Å². The van der Waals surface area contributed by atoms with Gasteiger partial charge in [-0.3, -0.25) is 0 Å². The maximum atomic E-state index is 10.8. The van der Waals surface area contributed by atoms with E-state index in [2.05, 4.69) is 13.2 Å². The van der Waals surface area contributed by atoms with Crippen LogP contribution in [-0.2, 0) is 9.53 Å². The molecule has 13 heavy (non-hydrogen) atoms. The molecule has 0 aromatic carbocycles. The number of allylic oxidation sites excluding steroid dienone is 4. The minimum atomic E-state index is -0.473. The smallest absolute Gasteiger partial charge is 0.335 e. The predicted octanol–water partition coefficient (Wildman–Crippen LogP) is 2.75. The van der Waals surface area contributed by atoms with Gasteiger partial charge < -0.3 is 4.74 Å². The van der Waals surface area contributed by atoms with Crippen LogP contribution in [0.3, 0.4) is 0 Å². The third kappa shape index (κ3) is 4.11. The van der Waals surface area contributed by atoms with Crippen LogP contribution in [0, 0.1) is 0 Å². The Morgan fingerprint density at radius 1 is 1.31 bits per heavy atom. The molecule has 2 heteroatoms. The SMILES string of the molecule is C=CC(=O)O/C(C=C)=C(C)/C=C\C. The van der Waals surface area contributed by atoms with Crippen molar-refractivity contribution in [3.05, 3.63) is 48.8 Å². The van der Waals surface area contributed by atoms with Crippen molar-refractivity contribution in [1.82, 2.24) is 0 Å². The van der Waals surface area contributed by atoms with Gasteiger partial charge in [0, 0.05) is 6.08 Å². The van der Waals surface area contributed by atoms with Gasteiger partial charge in [-0.05, 0) is 25.5 Å². The van der Waals surface area contributed by atoms with Crippen LogP contribution >= 0.6 is 0 Å². The van der Waals surface area contributed by atoms with Crippen molar-refractivity contribution in [1.29, 1.82) is 0 Å². The molecule has 0 aliphatic rings. The molecule has 0 spiro atoms. The average molecular weight is 178 g/mol. The Morgan fingerprint density at radius 2 is 1.92 bits per heavy atom. The van der Waals surface area contributed by atoms with Crippen molar-refractivity contribution < 1.29 is 9.53 Å². The van der Waals surface area contributed by atoms with E-state index in [9.17, 15) is 4.79 Å². The standard InChI is InChI=1S/C11H14O2/c1-5-8-9(4)10(6-2)13-11(12)7-3/h5-8H,2-3H2,1,4H3/b8-5-,10-9+. The summed E-state index contributed by atoms with van der Waals surface area (Å²) in [5.41, 5.74) is 0.854. The van der Waals surface area contributed by atoms with Gasteiger partial charge in [0.15, 0.2) is 0 Å². The normalized spacial score (nSPS) is 12.2. The fourth-order valence-electron chi connectivity index (χ4n) is 0.765. The summed E-state index contributed by atoms with van der Waals surface area (Å²) in [6.45, 7) is 10.6. The lowest BCUT2D eigenvalue weighted by molar-refractivity contribution is -0.133. The molecule has 0 aliphatic heterocycles. The zero-order valence-electron chi connectivity index (χ0n) is 8.04. The van der Waals surface area contributed by atoms with Crippen molar-refractivity contribution in [2.75, 3.05) is 0 Å². The van der Waals surface area contributed by atoms with Gasteiger partial charge in [-0.25, -0.2) is 4.79 Å². The molecule has 0 fully saturated rings. The summed E-state index contributed by atoms with van der Waals surface area (Å²) < 4.78 is 4.92. The minimum absolute atomic E-state index is 0.461. The summed E-state index contributed by atoms with van der Waals surface area (Å²) in [4.78, 5) is 10.8. The molecule has 0 rings (SSSR count). The molecule has 70 valence electrons. The van der Waals surface area contributed by atoms with Crippen LogP contribution in [-0.4, -0.2) is 5.97 Å². The molecule has 0 N–H and O–H groups in total. The molecule has 0 bridgehead atoms. The van der Waals surface area contributed by atoms with Crippen molar-refractivity contribution in [2.24, 2.45) is 0 Å². The lowest BCUT2D eigenvalue weighted by Crippen LogP contribution is -1.99. The van der Waals surface area contributed by atoms with Crippen LogP contribution in [0.15, 0.2) is 48.8 Å². The monoisotopic (exact) mass is 178 g/mol. The maximum Gasteiger partial charge on any atom is 0.335 e. The third-order valence-corrected chi connectivity index (χ3v) is 1.37. The largest absolute Gasteiger partial charge is 0.423 e. The molecule has 0 atom stereocenters. The number of hydrogen-bond acceptors (Lipinski definition) is 2. The Bertz CT molecular complexity index is 270. The second-order valence-corrected chi connectivity index (χ2v) is 2.38. The van der Waals surface area contributed by atoms with Gasteiger partial charge in [-0.15, -0.1) is 0 Å². The van der Waals surface area contributed by atoms with Gasteiger partial charge in [0.25, 0.3) is 0 Å². The zero-order valence-corrected chi connectivity index (χ0v) is 8.04. The molecule has 0 aromatic heterocycles. The van der Waals surface area contributed by atoms with Gasteiger partial charge >= 0.3 is 5.97 Å². The topological polar surface area (TPSA) is 26.3 Å². The van der Waals surface area contributed by atoms with Gasteiger partial charge in [-0.1, -0.05) is 25.3 Å². The highest BCUT2D eigenvalue weighted by molar-refractivity contribution is 5.82. The Balaban J connectivity index is 4.67. The molecule has 0 saturated heterocycles. The summed E-state index contributed by atoms with van der Waals surface area (Å²) in [6, 6.07) is 0. The summed E-state index contributed by atoms with van der Waals surface area (Å²) >= 11 is 0. The van der Waals surface area contributed by atoms with Crippen LogP contribution in [0.4, 0.5) is 0 Å². The highest BCUT2D eigenvalue weighted by atomic mass is 16.5. The third-order valence-electron chi connectivity index (χ3n) is 1.37. The second kappa shape index (κ2) is 6.00. The van der Waals surface area contributed by atoms with Crippen LogP contribution in [0.5, 0.6) is 0 Å². The quantitative estimate of drug-likeness (QED) is 0.286. The summed E-state index contributed by atoms with van der Waals surface area (Å²) in [6.07, 6.45) is 6.32. The van der Waals surface area contributed by atoms with Crippen LogP contribution in [0.25, 0.3) is 0 Å². The van der Waals surface area contributed by atoms with Crippen molar-refractivity contribution in [2.45, 2.75) is 13.8 Å². The molecular weight excluding hydrogens is 164 g/mol. The minimum Gasteiger partial charge on any atom is -0.423 e. The first kappa shape index (κ1) is 11.4. The maximum absolute atomic E-state index is 10.8. The highest BCUT2D eigenvalue weighted by Crippen LogP contribution is 2.08. The number of esters is 1. The van der Waals surface area contributed by atoms with Gasteiger partial charge in [0.1, 0.15) is 5.76 Å². The van der Waals surface area contributed by atoms with Gasteiger partial charge in [-0.2, -0.15) is 0 Å². The molecule has 2 nitrogen and oxygen atoms in total. The molecular formula is C11H14O2. The van der Waals surface area contributed by atoms with Crippen LogP contribution in [0.1, 0.15) is 13.8 Å². The van der Waals surface area contributed by atoms with E-state index in [0.29, 0.717) is 5.76 Å². The lowest BCUT2D eigenvalue weighted by Gasteiger charge is -2.03. The Kier molecular flexibility index (Phi) is 5.28. The summed E-state index contributed by atoms with van der Waals surface area (Å²) in [5.74, 6) is -0.0123. The lowest BCUT2D eigenvalue weighted by atomic mass is 10.2. The van der Waals surface area contributed by atoms with Crippen LogP contribution < -0.4 is 0 Å². The molecule has 0 radical (unpaired) electrons. The molecule has 0 aromatic rings. The molecule has 0 unspecified atom stereocenters. The van der Waals surface area contributed by atoms with Crippen molar-refractivity contribution in [3.8, 4) is 0 Å². The molecule has 0 saturated carbocycles. The summed E-state index contributed by atoms with van der Waals surface area (Å²) in [7, 11) is 0. The first-order valence-electron chi connectivity index (χ1n) is 3.96. The summed E-state index contributed by atoms with van der Waals surface area (Å²) in [5, 5.41) is 0. The first-order chi connectivity index (χ1) is 6.15. The van der Waals surface area contributed by atoms with E-state index in [1.807, 2.05) is 26.0 Å². The van der Waals surface area contributed by atoms with E-state index in [-0.39, 0.29) is 0 Å².